The Hall–Kier alpha value is -0.620. The number of hydrogen-bond acceptors (Lipinski definition) is 4. The van der Waals surface area contributed by atoms with Gasteiger partial charge < -0.3 is 9.67 Å². The Morgan fingerprint density at radius 2 is 2.33 bits per heavy atom. The standard InChI is InChI=1S/C12H20N2O2S2/c1-4-10-5-13-12(18-8-11(15)16)14(10)6-9(2)7-17-3/h5,9H,4,6-8H2,1-3H3,(H,15,16). The Labute approximate surface area is 117 Å². The van der Waals surface area contributed by atoms with E-state index in [0.29, 0.717) is 5.92 Å². The highest BCUT2D eigenvalue weighted by Crippen LogP contribution is 2.21. The normalized spacial score (nSPS) is 12.6. The monoisotopic (exact) mass is 288 g/mol. The zero-order valence-corrected chi connectivity index (χ0v) is 12.7. The van der Waals surface area contributed by atoms with E-state index in [2.05, 4.69) is 29.7 Å². The van der Waals surface area contributed by atoms with E-state index in [1.807, 2.05) is 18.0 Å². The van der Waals surface area contributed by atoms with Crippen LogP contribution in [0.15, 0.2) is 11.4 Å². The van der Waals surface area contributed by atoms with E-state index in [1.165, 1.54) is 17.5 Å². The lowest BCUT2D eigenvalue weighted by Gasteiger charge is -2.15. The minimum absolute atomic E-state index is 0.0665. The van der Waals surface area contributed by atoms with Crippen molar-refractivity contribution in [2.45, 2.75) is 32.0 Å². The Balaban J connectivity index is 2.77. The first-order valence-electron chi connectivity index (χ1n) is 5.96. The van der Waals surface area contributed by atoms with Crippen molar-refractivity contribution in [1.29, 1.82) is 0 Å². The number of rotatable bonds is 8. The summed E-state index contributed by atoms with van der Waals surface area (Å²) in [7, 11) is 0. The number of carbonyl (C=O) groups is 1. The number of carboxylic acids is 1. The van der Waals surface area contributed by atoms with Crippen molar-refractivity contribution < 1.29 is 9.90 Å². The Bertz CT molecular complexity index is 393. The molecule has 0 aliphatic rings. The van der Waals surface area contributed by atoms with Crippen molar-refractivity contribution in [2.24, 2.45) is 5.92 Å². The molecule has 4 nitrogen and oxygen atoms in total. The Morgan fingerprint density at radius 1 is 1.61 bits per heavy atom. The fraction of sp³-hybridized carbons (Fsp3) is 0.667. The summed E-state index contributed by atoms with van der Waals surface area (Å²) in [5.41, 5.74) is 1.18. The van der Waals surface area contributed by atoms with Crippen LogP contribution in [0.1, 0.15) is 19.5 Å². The molecule has 6 heteroatoms. The van der Waals surface area contributed by atoms with E-state index < -0.39 is 5.97 Å². The molecule has 0 fully saturated rings. The minimum atomic E-state index is -0.801. The molecule has 0 aromatic carbocycles. The van der Waals surface area contributed by atoms with Gasteiger partial charge in [-0.05, 0) is 24.3 Å². The van der Waals surface area contributed by atoms with Crippen LogP contribution in [0.5, 0.6) is 0 Å². The van der Waals surface area contributed by atoms with Crippen LogP contribution in [-0.4, -0.2) is 38.4 Å². The maximum Gasteiger partial charge on any atom is 0.313 e. The minimum Gasteiger partial charge on any atom is -0.481 e. The van der Waals surface area contributed by atoms with Crippen molar-refractivity contribution in [2.75, 3.05) is 17.8 Å². The van der Waals surface area contributed by atoms with Gasteiger partial charge >= 0.3 is 5.97 Å². The summed E-state index contributed by atoms with van der Waals surface area (Å²) in [4.78, 5) is 15.0. The lowest BCUT2D eigenvalue weighted by atomic mass is 10.2. The van der Waals surface area contributed by atoms with Crippen molar-refractivity contribution in [3.05, 3.63) is 11.9 Å². The highest BCUT2D eigenvalue weighted by atomic mass is 32.2. The second-order valence-electron chi connectivity index (χ2n) is 4.24. The van der Waals surface area contributed by atoms with E-state index in [-0.39, 0.29) is 5.75 Å². The third-order valence-electron chi connectivity index (χ3n) is 2.53. The van der Waals surface area contributed by atoms with Crippen molar-refractivity contribution in [3.8, 4) is 0 Å². The number of aliphatic carboxylic acids is 1. The second kappa shape index (κ2) is 7.74. The number of aromatic nitrogens is 2. The van der Waals surface area contributed by atoms with Gasteiger partial charge in [0.25, 0.3) is 0 Å². The quantitative estimate of drug-likeness (QED) is 0.745. The SMILES string of the molecule is CCc1cnc(SCC(=O)O)n1CC(C)CSC. The van der Waals surface area contributed by atoms with Crippen LogP contribution in [0.25, 0.3) is 0 Å². The lowest BCUT2D eigenvalue weighted by molar-refractivity contribution is -0.133. The summed E-state index contributed by atoms with van der Waals surface area (Å²) in [6.07, 6.45) is 4.88. The maximum atomic E-state index is 10.6. The van der Waals surface area contributed by atoms with Gasteiger partial charge in [0.1, 0.15) is 0 Å². The lowest BCUT2D eigenvalue weighted by Crippen LogP contribution is -2.13. The average molecular weight is 288 g/mol. The topological polar surface area (TPSA) is 55.1 Å². The van der Waals surface area contributed by atoms with Gasteiger partial charge in [0.2, 0.25) is 0 Å². The summed E-state index contributed by atoms with van der Waals surface area (Å²) < 4.78 is 2.16. The van der Waals surface area contributed by atoms with E-state index >= 15 is 0 Å². The fourth-order valence-electron chi connectivity index (χ4n) is 1.76. The number of hydrogen-bond donors (Lipinski definition) is 1. The molecule has 18 heavy (non-hydrogen) atoms. The Morgan fingerprint density at radius 3 is 2.89 bits per heavy atom. The second-order valence-corrected chi connectivity index (χ2v) is 6.09. The van der Waals surface area contributed by atoms with Gasteiger partial charge in [-0.15, -0.1) is 0 Å². The van der Waals surface area contributed by atoms with E-state index in [1.54, 1.807) is 0 Å². The molecule has 0 bridgehead atoms. The molecule has 1 unspecified atom stereocenters. The number of thioether (sulfide) groups is 2. The van der Waals surface area contributed by atoms with Gasteiger partial charge in [0.15, 0.2) is 5.16 Å². The molecule has 1 aromatic heterocycles. The number of aryl methyl sites for hydroxylation is 1. The molecule has 0 aliphatic heterocycles. The van der Waals surface area contributed by atoms with Crippen LogP contribution in [0.4, 0.5) is 0 Å². The first kappa shape index (κ1) is 15.4. The molecule has 102 valence electrons. The maximum absolute atomic E-state index is 10.6. The Kier molecular flexibility index (Phi) is 6.63. The summed E-state index contributed by atoms with van der Waals surface area (Å²) in [5.74, 6) is 0.926. The third-order valence-corrected chi connectivity index (χ3v) is 4.41. The van der Waals surface area contributed by atoms with Gasteiger partial charge in [-0.3, -0.25) is 4.79 Å². The summed E-state index contributed by atoms with van der Waals surface area (Å²) >= 11 is 3.13. The van der Waals surface area contributed by atoms with Gasteiger partial charge in [0.05, 0.1) is 5.75 Å². The molecule has 0 amide bonds. The molecular formula is C12H20N2O2S2. The van der Waals surface area contributed by atoms with E-state index in [4.69, 9.17) is 5.11 Å². The number of carboxylic acid groups (broad SMARTS) is 1. The zero-order valence-electron chi connectivity index (χ0n) is 11.0. The molecule has 0 saturated heterocycles. The average Bonchev–Trinajstić information content (AvgIpc) is 2.69. The van der Waals surface area contributed by atoms with Crippen LogP contribution in [-0.2, 0) is 17.8 Å². The smallest absolute Gasteiger partial charge is 0.313 e. The predicted molar refractivity (Wildman–Crippen MR) is 77.5 cm³/mol. The molecule has 1 heterocycles. The molecule has 1 atom stereocenters. The summed E-state index contributed by atoms with van der Waals surface area (Å²) in [5, 5.41) is 9.56. The molecule has 0 radical (unpaired) electrons. The van der Waals surface area contributed by atoms with Gasteiger partial charge in [-0.1, -0.05) is 25.6 Å². The third kappa shape index (κ3) is 4.57. The van der Waals surface area contributed by atoms with Crippen molar-refractivity contribution in [3.63, 3.8) is 0 Å². The van der Waals surface area contributed by atoms with Gasteiger partial charge in [0, 0.05) is 18.4 Å². The van der Waals surface area contributed by atoms with Gasteiger partial charge in [-0.2, -0.15) is 11.8 Å². The molecule has 1 rings (SSSR count). The molecular weight excluding hydrogens is 268 g/mol. The summed E-state index contributed by atoms with van der Waals surface area (Å²) in [6, 6.07) is 0. The fourth-order valence-corrected chi connectivity index (χ4v) is 3.16. The molecule has 1 N–H and O–H groups in total. The molecule has 0 aliphatic carbocycles. The number of imidazole rings is 1. The van der Waals surface area contributed by atoms with E-state index in [9.17, 15) is 4.79 Å². The summed E-state index contributed by atoms with van der Waals surface area (Å²) in [6.45, 7) is 5.21. The molecule has 1 aromatic rings. The van der Waals surface area contributed by atoms with Crippen LogP contribution in [0.3, 0.4) is 0 Å². The first-order chi connectivity index (χ1) is 8.58. The van der Waals surface area contributed by atoms with Crippen LogP contribution in [0.2, 0.25) is 0 Å². The predicted octanol–water partition coefficient (Wildman–Crippen LogP) is 2.62. The largest absolute Gasteiger partial charge is 0.481 e. The van der Waals surface area contributed by atoms with E-state index in [0.717, 1.165) is 23.9 Å². The highest BCUT2D eigenvalue weighted by Gasteiger charge is 2.13. The zero-order chi connectivity index (χ0) is 13.5. The number of nitrogens with zero attached hydrogens (tertiary/aromatic N) is 2. The molecule has 0 saturated carbocycles. The first-order valence-corrected chi connectivity index (χ1v) is 8.34. The van der Waals surface area contributed by atoms with Crippen molar-refractivity contribution in [1.82, 2.24) is 9.55 Å². The molecule has 0 spiro atoms. The van der Waals surface area contributed by atoms with Crippen LogP contribution >= 0.6 is 23.5 Å². The van der Waals surface area contributed by atoms with Crippen molar-refractivity contribution >= 4 is 29.5 Å². The highest BCUT2D eigenvalue weighted by molar-refractivity contribution is 7.99. The van der Waals surface area contributed by atoms with Gasteiger partial charge in [-0.25, -0.2) is 4.98 Å². The van der Waals surface area contributed by atoms with Crippen LogP contribution in [0, 0.1) is 5.92 Å². The van der Waals surface area contributed by atoms with Crippen LogP contribution < -0.4 is 0 Å².